The fourth-order valence-corrected chi connectivity index (χ4v) is 4.64. The molecule has 0 fully saturated rings. The fraction of sp³-hybridized carbons (Fsp3) is 0.364. The summed E-state index contributed by atoms with van der Waals surface area (Å²) < 4.78 is 2.53. The van der Waals surface area contributed by atoms with Gasteiger partial charge in [0.1, 0.15) is 0 Å². The molecule has 68 valence electrons. The van der Waals surface area contributed by atoms with Crippen LogP contribution in [0.5, 0.6) is 0 Å². The van der Waals surface area contributed by atoms with Crippen molar-refractivity contribution in [2.24, 2.45) is 0 Å². The number of aryl methyl sites for hydroxylation is 2. The van der Waals surface area contributed by atoms with E-state index < -0.39 is 0 Å². The van der Waals surface area contributed by atoms with E-state index in [4.69, 9.17) is 0 Å². The van der Waals surface area contributed by atoms with Gasteiger partial charge in [-0.05, 0) is 0 Å². The van der Waals surface area contributed by atoms with Gasteiger partial charge in [-0.15, -0.1) is 0 Å². The van der Waals surface area contributed by atoms with E-state index in [2.05, 4.69) is 26.0 Å². The zero-order valence-corrected chi connectivity index (χ0v) is 10.2. The third-order valence-electron chi connectivity index (χ3n) is 2.48. The molecule has 0 radical (unpaired) electrons. The quantitative estimate of drug-likeness (QED) is 0.663. The minimum absolute atomic E-state index is 0.0561. The van der Waals surface area contributed by atoms with Gasteiger partial charge in [0.15, 0.2) is 0 Å². The average Bonchev–Trinajstić information content (AvgIpc) is 2.09. The number of benzene rings is 1. The van der Waals surface area contributed by atoms with E-state index in [0.717, 1.165) is 16.5 Å². The summed E-state index contributed by atoms with van der Waals surface area (Å²) in [6, 6.07) is 4.31. The van der Waals surface area contributed by atoms with Gasteiger partial charge in [0.05, 0.1) is 0 Å². The third kappa shape index (κ3) is 1.66. The Bertz CT molecular complexity index is 369. The molecule has 1 nitrogen and oxygen atoms in total. The van der Waals surface area contributed by atoms with Gasteiger partial charge in [-0.3, -0.25) is 0 Å². The van der Waals surface area contributed by atoms with Crippen molar-refractivity contribution in [2.45, 2.75) is 24.7 Å². The van der Waals surface area contributed by atoms with E-state index in [1.54, 1.807) is 0 Å². The van der Waals surface area contributed by atoms with Crippen LogP contribution in [0.15, 0.2) is 12.1 Å². The van der Waals surface area contributed by atoms with Crippen LogP contribution in [0, 0.1) is 13.8 Å². The first-order chi connectivity index (χ1) is 6.18. The van der Waals surface area contributed by atoms with E-state index in [0.29, 0.717) is 5.78 Å². The summed E-state index contributed by atoms with van der Waals surface area (Å²) in [6.45, 7) is 4.21. The molecule has 2 heteroatoms. The Morgan fingerprint density at radius 1 is 1.23 bits per heavy atom. The van der Waals surface area contributed by atoms with E-state index in [-0.39, 0.29) is 20.9 Å². The summed E-state index contributed by atoms with van der Waals surface area (Å²) in [5.41, 5.74) is 3.61. The number of carbonyl (C=O) groups excluding carboxylic acids is 1. The van der Waals surface area contributed by atoms with Crippen molar-refractivity contribution in [2.75, 3.05) is 0 Å². The molecule has 0 bridgehead atoms. The van der Waals surface area contributed by atoms with Gasteiger partial charge < -0.3 is 0 Å². The van der Waals surface area contributed by atoms with Crippen molar-refractivity contribution < 1.29 is 4.79 Å². The molecule has 0 amide bonds. The molecule has 0 N–H and O–H groups in total. The molecule has 1 aliphatic heterocycles. The summed E-state index contributed by atoms with van der Waals surface area (Å²) in [6.07, 6.45) is 0.789. The molecule has 0 spiro atoms. The molecular weight excluding hydrogens is 276 g/mol. The Hall–Kier alpha value is -0.320. The van der Waals surface area contributed by atoms with Crippen LogP contribution in [0.3, 0.4) is 0 Å². The zero-order valence-electron chi connectivity index (χ0n) is 7.89. The third-order valence-corrected chi connectivity index (χ3v) is 5.50. The second-order valence-corrected chi connectivity index (χ2v) is 6.70. The van der Waals surface area contributed by atoms with Crippen molar-refractivity contribution in [3.63, 3.8) is 0 Å². The number of hydrogen-bond acceptors (Lipinski definition) is 1. The van der Waals surface area contributed by atoms with Crippen LogP contribution < -0.4 is 3.61 Å². The Labute approximate surface area is 88.6 Å². The molecule has 1 aromatic carbocycles. The number of ketones is 1. The zero-order chi connectivity index (χ0) is 9.42. The second-order valence-electron chi connectivity index (χ2n) is 3.45. The molecular formula is C11H12OTe. The SMILES string of the molecule is Cc1cc2c(cc1C)C(=O)CC[Te]2. The van der Waals surface area contributed by atoms with Gasteiger partial charge in [0.25, 0.3) is 0 Å². The van der Waals surface area contributed by atoms with Gasteiger partial charge >= 0.3 is 88.7 Å². The van der Waals surface area contributed by atoms with Crippen LogP contribution in [0.2, 0.25) is 4.47 Å². The predicted octanol–water partition coefficient (Wildman–Crippen LogP) is 1.64. The van der Waals surface area contributed by atoms with Crippen LogP contribution in [0.25, 0.3) is 0 Å². The predicted molar refractivity (Wildman–Crippen MR) is 55.1 cm³/mol. The molecule has 1 aliphatic rings. The van der Waals surface area contributed by atoms with Gasteiger partial charge in [-0.1, -0.05) is 0 Å². The van der Waals surface area contributed by atoms with Crippen LogP contribution in [-0.4, -0.2) is 26.7 Å². The van der Waals surface area contributed by atoms with Gasteiger partial charge in [0.2, 0.25) is 0 Å². The van der Waals surface area contributed by atoms with Crippen molar-refractivity contribution in [3.8, 4) is 0 Å². The number of fused-ring (bicyclic) bond motifs is 1. The van der Waals surface area contributed by atoms with Gasteiger partial charge in [-0.2, -0.15) is 0 Å². The molecule has 0 atom stereocenters. The number of hydrogen-bond donors (Lipinski definition) is 0. The van der Waals surface area contributed by atoms with Crippen LogP contribution >= 0.6 is 0 Å². The molecule has 13 heavy (non-hydrogen) atoms. The van der Waals surface area contributed by atoms with Crippen LogP contribution in [0.1, 0.15) is 27.9 Å². The molecule has 0 unspecified atom stereocenters. The Morgan fingerprint density at radius 2 is 1.92 bits per heavy atom. The summed E-state index contributed by atoms with van der Waals surface area (Å²) in [4.78, 5) is 11.6. The Morgan fingerprint density at radius 3 is 2.69 bits per heavy atom. The molecule has 0 aromatic heterocycles. The Kier molecular flexibility index (Phi) is 2.45. The topological polar surface area (TPSA) is 17.1 Å². The Balaban J connectivity index is 2.58. The summed E-state index contributed by atoms with van der Waals surface area (Å²) >= 11 is -0.0561. The van der Waals surface area contributed by atoms with E-state index >= 15 is 0 Å². The number of rotatable bonds is 0. The number of carbonyl (C=O) groups is 1. The molecule has 2 rings (SSSR count). The summed E-state index contributed by atoms with van der Waals surface area (Å²) in [7, 11) is 0. The van der Waals surface area contributed by atoms with Gasteiger partial charge in [-0.25, -0.2) is 0 Å². The molecule has 1 heterocycles. The first-order valence-corrected chi connectivity index (χ1v) is 7.27. The van der Waals surface area contributed by atoms with Crippen molar-refractivity contribution in [1.29, 1.82) is 0 Å². The fourth-order valence-electron chi connectivity index (χ4n) is 1.52. The van der Waals surface area contributed by atoms with Gasteiger partial charge in [0, 0.05) is 0 Å². The standard InChI is InChI=1S/C11H12OTe/c1-7-5-9-10(12)3-4-13-11(9)6-8(7)2/h5-6H,3-4H2,1-2H3. The monoisotopic (exact) mass is 290 g/mol. The second kappa shape index (κ2) is 3.44. The molecule has 1 aromatic rings. The van der Waals surface area contributed by atoms with Crippen LogP contribution in [0.4, 0.5) is 0 Å². The first kappa shape index (κ1) is 9.24. The maximum absolute atomic E-state index is 11.6. The van der Waals surface area contributed by atoms with E-state index in [1.165, 1.54) is 14.7 Å². The van der Waals surface area contributed by atoms with E-state index in [9.17, 15) is 4.79 Å². The normalized spacial score (nSPS) is 15.7. The van der Waals surface area contributed by atoms with Crippen molar-refractivity contribution in [3.05, 3.63) is 28.8 Å². The van der Waals surface area contributed by atoms with Crippen molar-refractivity contribution in [1.82, 2.24) is 0 Å². The maximum atomic E-state index is 11.6. The average molecular weight is 288 g/mol. The number of Topliss-reactive ketones (excluding diaryl/α,β-unsaturated/α-hetero) is 1. The van der Waals surface area contributed by atoms with E-state index in [1.807, 2.05) is 0 Å². The summed E-state index contributed by atoms with van der Waals surface area (Å²) in [5.74, 6) is 0.356. The molecule has 0 aliphatic carbocycles. The molecule has 0 saturated carbocycles. The molecule has 0 saturated heterocycles. The summed E-state index contributed by atoms with van der Waals surface area (Å²) in [5, 5.41) is 0. The minimum atomic E-state index is -0.0561. The first-order valence-electron chi connectivity index (χ1n) is 4.46. The van der Waals surface area contributed by atoms with Crippen LogP contribution in [-0.2, 0) is 0 Å². The van der Waals surface area contributed by atoms with Crippen molar-refractivity contribution >= 4 is 30.3 Å².